The van der Waals surface area contributed by atoms with E-state index in [2.05, 4.69) is 5.32 Å². The highest BCUT2D eigenvalue weighted by Gasteiger charge is 2.32. The zero-order chi connectivity index (χ0) is 17.6. The predicted octanol–water partition coefficient (Wildman–Crippen LogP) is 2.16. The fraction of sp³-hybridized carbons (Fsp3) is 0.300. The highest BCUT2D eigenvalue weighted by Crippen LogP contribution is 2.16. The van der Waals surface area contributed by atoms with Crippen molar-refractivity contribution in [3.05, 3.63) is 65.7 Å². The molecule has 1 atom stereocenters. The Hall–Kier alpha value is -2.82. The largest absolute Gasteiger partial charge is 0.494 e. The number of ether oxygens (including phenoxy) is 1. The minimum atomic E-state index is -0.525. The van der Waals surface area contributed by atoms with Crippen molar-refractivity contribution in [2.24, 2.45) is 0 Å². The molecule has 2 aromatic carbocycles. The fourth-order valence-electron chi connectivity index (χ4n) is 2.97. The van der Waals surface area contributed by atoms with Gasteiger partial charge in [0.25, 0.3) is 0 Å². The molecular weight excluding hydrogens is 316 g/mol. The van der Waals surface area contributed by atoms with Gasteiger partial charge in [0.1, 0.15) is 11.8 Å². The summed E-state index contributed by atoms with van der Waals surface area (Å²) in [5, 5.41) is 2.81. The third kappa shape index (κ3) is 4.38. The molecule has 0 aliphatic carbocycles. The van der Waals surface area contributed by atoms with Gasteiger partial charge in [0.15, 0.2) is 0 Å². The first kappa shape index (κ1) is 17.0. The van der Waals surface area contributed by atoms with Crippen LogP contribution >= 0.6 is 0 Å². The summed E-state index contributed by atoms with van der Waals surface area (Å²) >= 11 is 0. The first-order valence-electron chi connectivity index (χ1n) is 8.49. The zero-order valence-electron chi connectivity index (χ0n) is 14.3. The quantitative estimate of drug-likeness (QED) is 0.878. The average molecular weight is 338 g/mol. The van der Waals surface area contributed by atoms with Crippen molar-refractivity contribution in [3.8, 4) is 5.75 Å². The molecule has 1 aliphatic rings. The standard InChI is InChI=1S/C20H22N2O3/c1-2-25-17-10-8-15(9-11-17)12-18-20(24)22(14-19(23)21-18)13-16-6-4-3-5-7-16/h3-11,18H,2,12-14H2,1H3,(H,21,23)/t18-/m0/s1. The molecular formula is C20H22N2O3. The van der Waals surface area contributed by atoms with E-state index < -0.39 is 6.04 Å². The van der Waals surface area contributed by atoms with Gasteiger partial charge in [-0.3, -0.25) is 9.59 Å². The van der Waals surface area contributed by atoms with Crippen LogP contribution in [0.4, 0.5) is 0 Å². The fourth-order valence-corrected chi connectivity index (χ4v) is 2.97. The smallest absolute Gasteiger partial charge is 0.246 e. The Labute approximate surface area is 147 Å². The summed E-state index contributed by atoms with van der Waals surface area (Å²) in [6.07, 6.45) is 0.474. The predicted molar refractivity (Wildman–Crippen MR) is 95.1 cm³/mol. The Kier molecular flexibility index (Phi) is 5.33. The Morgan fingerprint density at radius 2 is 1.76 bits per heavy atom. The molecule has 5 nitrogen and oxygen atoms in total. The SMILES string of the molecule is CCOc1ccc(C[C@@H]2NC(=O)CN(Cc3ccccc3)C2=O)cc1. The zero-order valence-corrected chi connectivity index (χ0v) is 14.3. The summed E-state index contributed by atoms with van der Waals surface area (Å²) in [6.45, 7) is 3.11. The third-order valence-electron chi connectivity index (χ3n) is 4.17. The van der Waals surface area contributed by atoms with E-state index in [1.807, 2.05) is 61.5 Å². The second-order valence-electron chi connectivity index (χ2n) is 6.08. The summed E-state index contributed by atoms with van der Waals surface area (Å²) in [4.78, 5) is 26.4. The summed E-state index contributed by atoms with van der Waals surface area (Å²) in [7, 11) is 0. The van der Waals surface area contributed by atoms with Crippen LogP contribution in [-0.4, -0.2) is 35.9 Å². The van der Waals surface area contributed by atoms with Crippen molar-refractivity contribution < 1.29 is 14.3 Å². The molecule has 5 heteroatoms. The van der Waals surface area contributed by atoms with Gasteiger partial charge in [-0.25, -0.2) is 0 Å². The molecule has 3 rings (SSSR count). The van der Waals surface area contributed by atoms with Crippen LogP contribution < -0.4 is 10.1 Å². The molecule has 0 radical (unpaired) electrons. The second kappa shape index (κ2) is 7.83. The number of carbonyl (C=O) groups is 2. The van der Waals surface area contributed by atoms with Gasteiger partial charge in [0.05, 0.1) is 13.2 Å². The molecule has 1 heterocycles. The highest BCUT2D eigenvalue weighted by atomic mass is 16.5. The molecule has 0 aromatic heterocycles. The minimum absolute atomic E-state index is 0.0441. The van der Waals surface area contributed by atoms with Crippen molar-refractivity contribution in [2.45, 2.75) is 25.9 Å². The van der Waals surface area contributed by atoms with Crippen molar-refractivity contribution in [1.82, 2.24) is 10.2 Å². The number of piperazine rings is 1. The summed E-state index contributed by atoms with van der Waals surface area (Å²) in [5.74, 6) is 0.639. The van der Waals surface area contributed by atoms with E-state index in [1.165, 1.54) is 0 Å². The number of amides is 2. The first-order chi connectivity index (χ1) is 12.2. The molecule has 2 aromatic rings. The maximum Gasteiger partial charge on any atom is 0.246 e. The van der Waals surface area contributed by atoms with Gasteiger partial charge in [0.2, 0.25) is 11.8 Å². The van der Waals surface area contributed by atoms with Crippen LogP contribution in [0.3, 0.4) is 0 Å². The maximum atomic E-state index is 12.7. The second-order valence-corrected chi connectivity index (χ2v) is 6.08. The third-order valence-corrected chi connectivity index (χ3v) is 4.17. The topological polar surface area (TPSA) is 58.6 Å². The Bertz CT molecular complexity index is 728. The number of rotatable bonds is 6. The van der Waals surface area contributed by atoms with Gasteiger partial charge < -0.3 is 15.0 Å². The number of hydrogen-bond donors (Lipinski definition) is 1. The molecule has 1 saturated heterocycles. The van der Waals surface area contributed by atoms with Crippen LogP contribution in [0.15, 0.2) is 54.6 Å². The lowest BCUT2D eigenvalue weighted by atomic mass is 10.0. The number of nitrogens with zero attached hydrogens (tertiary/aromatic N) is 1. The van der Waals surface area contributed by atoms with Crippen LogP contribution in [0.25, 0.3) is 0 Å². The monoisotopic (exact) mass is 338 g/mol. The Morgan fingerprint density at radius 3 is 2.44 bits per heavy atom. The van der Waals surface area contributed by atoms with Crippen molar-refractivity contribution >= 4 is 11.8 Å². The normalized spacial score (nSPS) is 17.3. The van der Waals surface area contributed by atoms with E-state index in [1.54, 1.807) is 4.90 Å². The lowest BCUT2D eigenvalue weighted by Crippen LogP contribution is -2.58. The van der Waals surface area contributed by atoms with Crippen LogP contribution in [0.2, 0.25) is 0 Å². The van der Waals surface area contributed by atoms with E-state index in [0.717, 1.165) is 16.9 Å². The van der Waals surface area contributed by atoms with Gasteiger partial charge in [-0.1, -0.05) is 42.5 Å². The lowest BCUT2D eigenvalue weighted by Gasteiger charge is -2.32. The highest BCUT2D eigenvalue weighted by molar-refractivity contribution is 5.95. The molecule has 2 amide bonds. The Balaban J connectivity index is 1.68. The van der Waals surface area contributed by atoms with Crippen LogP contribution in [0.1, 0.15) is 18.1 Å². The molecule has 1 N–H and O–H groups in total. The molecule has 130 valence electrons. The molecule has 0 saturated carbocycles. The van der Waals surface area contributed by atoms with E-state index in [0.29, 0.717) is 19.6 Å². The van der Waals surface area contributed by atoms with Crippen molar-refractivity contribution in [1.29, 1.82) is 0 Å². The molecule has 1 fully saturated rings. The van der Waals surface area contributed by atoms with Crippen LogP contribution in [0.5, 0.6) is 5.75 Å². The van der Waals surface area contributed by atoms with E-state index in [4.69, 9.17) is 4.74 Å². The van der Waals surface area contributed by atoms with Crippen LogP contribution in [-0.2, 0) is 22.6 Å². The molecule has 0 bridgehead atoms. The molecule has 0 unspecified atom stereocenters. The van der Waals surface area contributed by atoms with Crippen molar-refractivity contribution in [3.63, 3.8) is 0 Å². The summed E-state index contributed by atoms with van der Waals surface area (Å²) < 4.78 is 5.43. The first-order valence-corrected chi connectivity index (χ1v) is 8.49. The van der Waals surface area contributed by atoms with E-state index >= 15 is 0 Å². The summed E-state index contributed by atoms with van der Waals surface area (Å²) in [6, 6.07) is 16.8. The number of carbonyl (C=O) groups excluding carboxylic acids is 2. The van der Waals surface area contributed by atoms with E-state index in [9.17, 15) is 9.59 Å². The molecule has 25 heavy (non-hydrogen) atoms. The van der Waals surface area contributed by atoms with Gasteiger partial charge in [-0.15, -0.1) is 0 Å². The number of benzene rings is 2. The summed E-state index contributed by atoms with van der Waals surface area (Å²) in [5.41, 5.74) is 2.01. The van der Waals surface area contributed by atoms with Gasteiger partial charge >= 0.3 is 0 Å². The van der Waals surface area contributed by atoms with Crippen LogP contribution in [0, 0.1) is 0 Å². The average Bonchev–Trinajstić information content (AvgIpc) is 2.62. The molecule has 0 spiro atoms. The Morgan fingerprint density at radius 1 is 1.04 bits per heavy atom. The number of nitrogens with one attached hydrogen (secondary N) is 1. The maximum absolute atomic E-state index is 12.7. The van der Waals surface area contributed by atoms with Crippen molar-refractivity contribution in [2.75, 3.05) is 13.2 Å². The van der Waals surface area contributed by atoms with E-state index in [-0.39, 0.29) is 18.4 Å². The minimum Gasteiger partial charge on any atom is -0.494 e. The number of hydrogen-bond acceptors (Lipinski definition) is 3. The van der Waals surface area contributed by atoms with Gasteiger partial charge in [-0.2, -0.15) is 0 Å². The molecule has 1 aliphatic heterocycles. The van der Waals surface area contributed by atoms with Gasteiger partial charge in [-0.05, 0) is 30.2 Å². The van der Waals surface area contributed by atoms with Gasteiger partial charge in [0, 0.05) is 13.0 Å². The lowest BCUT2D eigenvalue weighted by molar-refractivity contribution is -0.144.